The van der Waals surface area contributed by atoms with Crippen LogP contribution in [0.15, 0.2) is 78.9 Å². The molecule has 1 aliphatic carbocycles. The summed E-state index contributed by atoms with van der Waals surface area (Å²) >= 11 is 0. The average Bonchev–Trinajstić information content (AvgIpc) is 1.63. The molecule has 3 aromatic rings. The van der Waals surface area contributed by atoms with Gasteiger partial charge in [0.15, 0.2) is 0 Å². The highest BCUT2D eigenvalue weighted by Gasteiger charge is 2.41. The molecule has 4 rings (SSSR count). The summed E-state index contributed by atoms with van der Waals surface area (Å²) in [5, 5.41) is 22.8. The molecule has 0 heterocycles. The first kappa shape index (κ1) is 82.0. The Morgan fingerprint density at radius 2 is 0.909 bits per heavy atom. The first-order valence-electron chi connectivity index (χ1n) is 33.6. The van der Waals surface area contributed by atoms with Crippen LogP contribution in [-0.2, 0) is 68.7 Å². The quantitative estimate of drug-likeness (QED) is 0.0489. The summed E-state index contributed by atoms with van der Waals surface area (Å²) < 4.78 is 5.81. The third-order valence-corrected chi connectivity index (χ3v) is 18.0. The zero-order valence-electron chi connectivity index (χ0n) is 61.0. The van der Waals surface area contributed by atoms with E-state index in [9.17, 15) is 67.4 Å². The van der Waals surface area contributed by atoms with Crippen molar-refractivity contribution in [2.24, 2.45) is 23.7 Å². The predicted octanol–water partition coefficient (Wildman–Crippen LogP) is 3.72. The third kappa shape index (κ3) is 22.5. The van der Waals surface area contributed by atoms with Crippen LogP contribution >= 0.6 is 0 Å². The first-order chi connectivity index (χ1) is 46.3. The fourth-order valence-electron chi connectivity index (χ4n) is 11.8. The lowest BCUT2D eigenvalue weighted by Crippen LogP contribution is -2.59. The number of fused-ring (bicyclic) bond motifs is 3. The smallest absolute Gasteiger partial charge is 0.410 e. The fraction of sp³-hybridized carbons (Fsp3) is 0.569. The van der Waals surface area contributed by atoms with Gasteiger partial charge in [0.2, 0.25) is 65.0 Å². The number of amides is 12. The number of nitrogens with one attached hydrogen (secondary N) is 5. The molecule has 99 heavy (non-hydrogen) atoms. The number of carboxylic acids is 1. The van der Waals surface area contributed by atoms with Crippen molar-refractivity contribution in [3.8, 4) is 11.1 Å². The van der Waals surface area contributed by atoms with Gasteiger partial charge in [0.05, 0.1) is 19.5 Å². The zero-order chi connectivity index (χ0) is 74.6. The zero-order valence-corrected chi connectivity index (χ0v) is 61.0. The molecule has 0 spiro atoms. The van der Waals surface area contributed by atoms with E-state index in [1.54, 1.807) is 44.2 Å². The molecule has 0 aliphatic heterocycles. The molecule has 27 heteroatoms. The van der Waals surface area contributed by atoms with Crippen LogP contribution in [0.4, 0.5) is 4.79 Å². The lowest BCUT2D eigenvalue weighted by atomic mass is 9.98. The summed E-state index contributed by atoms with van der Waals surface area (Å²) in [5.41, 5.74) is 4.83. The van der Waals surface area contributed by atoms with Crippen molar-refractivity contribution in [1.29, 1.82) is 0 Å². The van der Waals surface area contributed by atoms with Gasteiger partial charge in [-0.2, -0.15) is 0 Å². The Labute approximate surface area is 582 Å². The highest BCUT2D eigenvalue weighted by Crippen LogP contribution is 2.44. The molecule has 3 aromatic carbocycles. The number of likely N-dealkylation sites (N-methyl/N-ethyl adjacent to an activating group) is 7. The molecular weight excluding hydrogens is 1270 g/mol. The minimum absolute atomic E-state index is 0.0267. The van der Waals surface area contributed by atoms with Gasteiger partial charge >= 0.3 is 12.1 Å². The summed E-state index contributed by atoms with van der Waals surface area (Å²) in [4.78, 5) is 187. The lowest BCUT2D eigenvalue weighted by molar-refractivity contribution is -0.153. The fourth-order valence-corrected chi connectivity index (χ4v) is 11.8. The van der Waals surface area contributed by atoms with Crippen LogP contribution in [0.5, 0.6) is 0 Å². The lowest BCUT2D eigenvalue weighted by Gasteiger charge is -2.36. The SMILES string of the molecule is CC(C)C[C@H](NC(=O)[C@H](C)N(C)C(=O)[C@H](Cc1ccccc1)N(C)C(=O)CNC(=O)[C@H](C)NC(=O)[C@H](CC(C)C)N(C)C(=O)[C@H](CC(C)C)NC(=O)[C@H](C)N(C)C(=O)OCC1c2ccccc2-c2ccccc21)C(=O)NCC(=O)N(C)[C@@H](C(=O)N(C)[C@@H](CC(=O)O)C(=O)N(C)C)C(C)C. The van der Waals surface area contributed by atoms with E-state index in [1.807, 2.05) is 90.1 Å². The van der Waals surface area contributed by atoms with Gasteiger partial charge in [-0.15, -0.1) is 0 Å². The van der Waals surface area contributed by atoms with Crippen molar-refractivity contribution in [2.75, 3.05) is 76.1 Å². The second-order valence-electron chi connectivity index (χ2n) is 27.6. The molecule has 9 atom stereocenters. The molecule has 1 aliphatic rings. The number of rotatable bonds is 35. The Bertz CT molecular complexity index is 3320. The van der Waals surface area contributed by atoms with Gasteiger partial charge in [-0.3, -0.25) is 62.4 Å². The molecule has 0 saturated heterocycles. The van der Waals surface area contributed by atoms with Crippen LogP contribution in [0.25, 0.3) is 11.1 Å². The molecule has 0 fully saturated rings. The van der Waals surface area contributed by atoms with E-state index in [-0.39, 0.29) is 56.0 Å². The van der Waals surface area contributed by atoms with Gasteiger partial charge in [0.1, 0.15) is 61.0 Å². The monoisotopic (exact) mass is 1380 g/mol. The molecule has 544 valence electrons. The molecule has 27 nitrogen and oxygen atoms in total. The molecule has 12 amide bonds. The van der Waals surface area contributed by atoms with Gasteiger partial charge in [-0.05, 0) is 91.5 Å². The number of ether oxygens (including phenoxy) is 1. The Balaban J connectivity index is 1.41. The average molecular weight is 1380 g/mol. The Morgan fingerprint density at radius 1 is 0.444 bits per heavy atom. The van der Waals surface area contributed by atoms with Crippen molar-refractivity contribution in [3.05, 3.63) is 95.6 Å². The van der Waals surface area contributed by atoms with E-state index >= 15 is 0 Å². The van der Waals surface area contributed by atoms with E-state index in [4.69, 9.17) is 4.74 Å². The van der Waals surface area contributed by atoms with Crippen LogP contribution in [0.3, 0.4) is 0 Å². The molecule has 0 saturated carbocycles. The molecule has 0 unspecified atom stereocenters. The molecule has 0 bridgehead atoms. The minimum Gasteiger partial charge on any atom is -0.481 e. The number of aliphatic carboxylic acids is 1. The van der Waals surface area contributed by atoms with Crippen molar-refractivity contribution < 1.29 is 72.2 Å². The number of nitrogens with zero attached hydrogens (tertiary/aromatic N) is 7. The number of carbonyl (C=O) groups is 13. The van der Waals surface area contributed by atoms with Crippen LogP contribution in [0.1, 0.15) is 124 Å². The van der Waals surface area contributed by atoms with Crippen molar-refractivity contribution in [3.63, 3.8) is 0 Å². The number of carboxylic acid groups (broad SMARTS) is 1. The molecule has 0 radical (unpaired) electrons. The molecule has 6 N–H and O–H groups in total. The number of carbonyl (C=O) groups excluding carboxylic acids is 12. The van der Waals surface area contributed by atoms with E-state index < -0.39 is 157 Å². The molecular formula is C72H106N12O15. The summed E-state index contributed by atoms with van der Waals surface area (Å²) in [6.07, 6.45) is -1.01. The maximum absolute atomic E-state index is 14.6. The van der Waals surface area contributed by atoms with E-state index in [2.05, 4.69) is 26.6 Å². The summed E-state index contributed by atoms with van der Waals surface area (Å²) in [5.74, 6) is -10.1. The summed E-state index contributed by atoms with van der Waals surface area (Å²) in [6, 6.07) is 13.8. The minimum atomic E-state index is -1.37. The normalized spacial score (nSPS) is 14.5. The highest BCUT2D eigenvalue weighted by atomic mass is 16.6. The van der Waals surface area contributed by atoms with Crippen LogP contribution in [-0.4, -0.2) is 247 Å². The van der Waals surface area contributed by atoms with Gasteiger partial charge in [-0.25, -0.2) is 4.79 Å². The maximum atomic E-state index is 14.6. The van der Waals surface area contributed by atoms with E-state index in [1.165, 1.54) is 82.1 Å². The van der Waals surface area contributed by atoms with Crippen LogP contribution in [0.2, 0.25) is 0 Å². The number of hydrogen-bond donors (Lipinski definition) is 6. The summed E-state index contributed by atoms with van der Waals surface area (Å²) in [6.45, 7) is 17.5. The molecule has 0 aromatic heterocycles. The second kappa shape index (κ2) is 37.5. The topological polar surface area (TPSA) is 334 Å². The standard InChI is InChI=1S/C72H106N12O15/c1-41(2)33-54(66(92)74-39-60(86)84(19)62(44(7)8)71(97)83(18)58(37-61(87)88)69(95)78(12)13)76-64(90)46(10)79(14)70(96)57(36-48-27-21-20-22-28-48)81(16)59(85)38-73-63(89)45(9)75-67(93)56(35-43(5)6)82(17)68(94)55(34-42(3)4)77-65(91)47(11)80(15)72(98)99-40-53-51-31-25-23-29-49(51)50-30-24-26-32-52(50)53/h20-32,41-47,53-58,62H,33-40H2,1-19H3,(H,73,89)(H,74,92)(H,75,93)(H,76,90)(H,77,91)(H,87,88)/t45-,46-,47-,54-,55-,56-,57-,58-,62+/m0/s1. The van der Waals surface area contributed by atoms with E-state index in [0.29, 0.717) is 5.56 Å². The largest absolute Gasteiger partial charge is 0.481 e. The second-order valence-corrected chi connectivity index (χ2v) is 27.6. The van der Waals surface area contributed by atoms with Gasteiger partial charge in [-0.1, -0.05) is 134 Å². The summed E-state index contributed by atoms with van der Waals surface area (Å²) in [7, 11) is 11.1. The highest BCUT2D eigenvalue weighted by molar-refractivity contribution is 5.99. The number of hydrogen-bond acceptors (Lipinski definition) is 14. The van der Waals surface area contributed by atoms with Gasteiger partial charge < -0.3 is 65.8 Å². The van der Waals surface area contributed by atoms with E-state index in [0.717, 1.165) is 51.7 Å². The third-order valence-electron chi connectivity index (χ3n) is 18.0. The Morgan fingerprint density at radius 3 is 1.41 bits per heavy atom. The van der Waals surface area contributed by atoms with Crippen molar-refractivity contribution in [2.45, 2.75) is 169 Å². The van der Waals surface area contributed by atoms with Crippen molar-refractivity contribution >= 4 is 77.0 Å². The Hall–Kier alpha value is -9.43. The number of benzene rings is 3. The van der Waals surface area contributed by atoms with Gasteiger partial charge in [0.25, 0.3) is 0 Å². The van der Waals surface area contributed by atoms with Gasteiger partial charge in [0, 0.05) is 68.7 Å². The Kier molecular flexibility index (Phi) is 31.1. The van der Waals surface area contributed by atoms with Crippen molar-refractivity contribution in [1.82, 2.24) is 60.9 Å². The van der Waals surface area contributed by atoms with Crippen LogP contribution in [0, 0.1) is 23.7 Å². The predicted molar refractivity (Wildman–Crippen MR) is 373 cm³/mol. The maximum Gasteiger partial charge on any atom is 0.410 e. The van der Waals surface area contributed by atoms with Crippen LogP contribution < -0.4 is 26.6 Å². The first-order valence-corrected chi connectivity index (χ1v) is 33.6.